The van der Waals surface area contributed by atoms with Gasteiger partial charge >= 0.3 is 0 Å². The molecule has 5 nitrogen and oxygen atoms in total. The molecule has 3 N–H and O–H groups in total. The maximum atomic E-state index is 11.6. The van der Waals surface area contributed by atoms with Crippen molar-refractivity contribution in [2.45, 2.75) is 36.2 Å². The minimum Gasteiger partial charge on any atom is -0.380 e. The minimum absolute atomic E-state index is 0.187. The summed E-state index contributed by atoms with van der Waals surface area (Å²) in [4.78, 5) is 2.67. The first-order valence-corrected chi connectivity index (χ1v) is 8.23. The monoisotopic (exact) mass is 281 g/mol. The van der Waals surface area contributed by atoms with Crippen LogP contribution in [0, 0.1) is 0 Å². The third kappa shape index (κ3) is 2.48. The first kappa shape index (κ1) is 12.9. The number of para-hydroxylation sites is 1. The predicted molar refractivity (Wildman–Crippen MR) is 74.4 cm³/mol. The van der Waals surface area contributed by atoms with Crippen LogP contribution in [-0.2, 0) is 10.0 Å². The number of anilines is 1. The van der Waals surface area contributed by atoms with Gasteiger partial charge in [-0.2, -0.15) is 0 Å². The highest BCUT2D eigenvalue weighted by atomic mass is 32.2. The lowest BCUT2D eigenvalue weighted by molar-refractivity contribution is 0.318. The van der Waals surface area contributed by atoms with Crippen molar-refractivity contribution < 1.29 is 8.42 Å². The molecule has 0 spiro atoms. The Balaban J connectivity index is 1.84. The minimum atomic E-state index is -3.67. The number of sulfonamides is 1. The van der Waals surface area contributed by atoms with Gasteiger partial charge in [-0.25, -0.2) is 13.6 Å². The number of rotatable bonds is 3. The molecule has 1 aromatic rings. The molecule has 6 heteroatoms. The molecule has 2 heterocycles. The van der Waals surface area contributed by atoms with Crippen LogP contribution in [0.3, 0.4) is 0 Å². The number of nitrogens with one attached hydrogen (secondary N) is 1. The Kier molecular flexibility index (Phi) is 3.24. The van der Waals surface area contributed by atoms with Crippen LogP contribution in [0.5, 0.6) is 0 Å². The molecule has 2 aliphatic heterocycles. The summed E-state index contributed by atoms with van der Waals surface area (Å²) in [5.74, 6) is 0. The van der Waals surface area contributed by atoms with Crippen LogP contribution < -0.4 is 10.5 Å². The first-order chi connectivity index (χ1) is 9.05. The zero-order valence-corrected chi connectivity index (χ0v) is 11.6. The highest BCUT2D eigenvalue weighted by Crippen LogP contribution is 2.31. The van der Waals surface area contributed by atoms with Crippen molar-refractivity contribution in [1.82, 2.24) is 4.90 Å². The molecule has 0 aromatic heterocycles. The van der Waals surface area contributed by atoms with Crippen molar-refractivity contribution in [1.29, 1.82) is 0 Å². The van der Waals surface area contributed by atoms with Crippen molar-refractivity contribution in [2.24, 2.45) is 5.14 Å². The fourth-order valence-corrected chi connectivity index (χ4v) is 3.99. The SMILES string of the molecule is NS(=O)(=O)c1ccccc1NC1CCN2CCCC12. The quantitative estimate of drug-likeness (QED) is 0.866. The maximum Gasteiger partial charge on any atom is 0.240 e. The summed E-state index contributed by atoms with van der Waals surface area (Å²) in [6.45, 7) is 2.26. The van der Waals surface area contributed by atoms with Crippen molar-refractivity contribution in [3.05, 3.63) is 24.3 Å². The lowest BCUT2D eigenvalue weighted by atomic mass is 10.1. The number of nitrogens with zero attached hydrogens (tertiary/aromatic N) is 1. The first-order valence-electron chi connectivity index (χ1n) is 6.68. The van der Waals surface area contributed by atoms with Crippen LogP contribution in [0.4, 0.5) is 5.69 Å². The van der Waals surface area contributed by atoms with Crippen LogP contribution >= 0.6 is 0 Å². The van der Waals surface area contributed by atoms with E-state index in [-0.39, 0.29) is 4.90 Å². The molecular formula is C13H19N3O2S. The van der Waals surface area contributed by atoms with Gasteiger partial charge in [-0.05, 0) is 37.9 Å². The van der Waals surface area contributed by atoms with Crippen molar-refractivity contribution in [3.63, 3.8) is 0 Å². The van der Waals surface area contributed by atoms with Gasteiger partial charge in [-0.15, -0.1) is 0 Å². The Morgan fingerprint density at radius 2 is 2.00 bits per heavy atom. The van der Waals surface area contributed by atoms with E-state index in [4.69, 9.17) is 5.14 Å². The van der Waals surface area contributed by atoms with Gasteiger partial charge < -0.3 is 5.32 Å². The average Bonchev–Trinajstić information content (AvgIpc) is 2.93. The molecule has 0 saturated carbocycles. The lowest BCUT2D eigenvalue weighted by Crippen LogP contribution is -2.34. The van der Waals surface area contributed by atoms with E-state index >= 15 is 0 Å². The summed E-state index contributed by atoms with van der Waals surface area (Å²) in [6, 6.07) is 7.73. The van der Waals surface area contributed by atoms with E-state index in [2.05, 4.69) is 10.2 Å². The largest absolute Gasteiger partial charge is 0.380 e. The number of primary sulfonamides is 1. The molecule has 3 rings (SSSR count). The summed E-state index contributed by atoms with van der Waals surface area (Å²) in [5.41, 5.74) is 0.628. The summed E-state index contributed by atoms with van der Waals surface area (Å²) in [6.07, 6.45) is 3.48. The second-order valence-electron chi connectivity index (χ2n) is 5.33. The molecule has 2 aliphatic rings. The zero-order valence-electron chi connectivity index (χ0n) is 10.7. The average molecular weight is 281 g/mol. The van der Waals surface area contributed by atoms with Gasteiger partial charge in [0.2, 0.25) is 10.0 Å². The van der Waals surface area contributed by atoms with Crippen LogP contribution in [-0.4, -0.2) is 38.5 Å². The molecular weight excluding hydrogens is 262 g/mol. The summed E-state index contributed by atoms with van der Waals surface area (Å²) < 4.78 is 23.2. The highest BCUT2D eigenvalue weighted by Gasteiger charge is 2.37. The van der Waals surface area contributed by atoms with Crippen LogP contribution in [0.25, 0.3) is 0 Å². The smallest absolute Gasteiger partial charge is 0.240 e. The lowest BCUT2D eigenvalue weighted by Gasteiger charge is -2.23. The van der Waals surface area contributed by atoms with Gasteiger partial charge in [0, 0.05) is 18.6 Å². The summed E-state index contributed by atoms with van der Waals surface area (Å²) >= 11 is 0. The molecule has 0 bridgehead atoms. The highest BCUT2D eigenvalue weighted by molar-refractivity contribution is 7.89. The van der Waals surface area contributed by atoms with Gasteiger partial charge in [-0.1, -0.05) is 12.1 Å². The topological polar surface area (TPSA) is 75.4 Å². The molecule has 0 radical (unpaired) electrons. The van der Waals surface area contributed by atoms with Crippen LogP contribution in [0.2, 0.25) is 0 Å². The number of hydrogen-bond donors (Lipinski definition) is 2. The fraction of sp³-hybridized carbons (Fsp3) is 0.538. The number of nitrogens with two attached hydrogens (primary N) is 1. The van der Waals surface area contributed by atoms with E-state index in [9.17, 15) is 8.42 Å². The Morgan fingerprint density at radius 3 is 2.79 bits per heavy atom. The Morgan fingerprint density at radius 1 is 1.21 bits per heavy atom. The normalized spacial score (nSPS) is 27.4. The standard InChI is InChI=1S/C13H19N3O2S/c14-19(17,18)13-6-2-1-4-11(13)15-10-7-9-16-8-3-5-12(10)16/h1-2,4,6,10,12,15H,3,5,7-9H2,(H2,14,17,18). The maximum absolute atomic E-state index is 11.6. The van der Waals surface area contributed by atoms with Gasteiger partial charge in [0.1, 0.15) is 4.90 Å². The number of fused-ring (bicyclic) bond motifs is 1. The Hall–Kier alpha value is -1.11. The second-order valence-corrected chi connectivity index (χ2v) is 6.86. The van der Waals surface area contributed by atoms with E-state index in [0.717, 1.165) is 13.0 Å². The van der Waals surface area contributed by atoms with E-state index < -0.39 is 10.0 Å². The molecule has 0 amide bonds. The van der Waals surface area contributed by atoms with E-state index in [0.29, 0.717) is 17.8 Å². The molecule has 2 saturated heterocycles. The van der Waals surface area contributed by atoms with Crippen LogP contribution in [0.1, 0.15) is 19.3 Å². The van der Waals surface area contributed by atoms with Gasteiger partial charge in [0.15, 0.2) is 0 Å². The Labute approximate surface area is 113 Å². The summed E-state index contributed by atoms with van der Waals surface area (Å²) in [7, 11) is -3.67. The van der Waals surface area contributed by atoms with Crippen molar-refractivity contribution in [2.75, 3.05) is 18.4 Å². The third-order valence-corrected chi connectivity index (χ3v) is 5.11. The van der Waals surface area contributed by atoms with Gasteiger partial charge in [0.05, 0.1) is 5.69 Å². The third-order valence-electron chi connectivity index (χ3n) is 4.14. The summed E-state index contributed by atoms with van der Waals surface area (Å²) in [5, 5.41) is 8.65. The van der Waals surface area contributed by atoms with Crippen molar-refractivity contribution in [3.8, 4) is 0 Å². The van der Waals surface area contributed by atoms with Crippen LogP contribution in [0.15, 0.2) is 29.2 Å². The van der Waals surface area contributed by atoms with E-state index in [1.165, 1.54) is 19.4 Å². The molecule has 19 heavy (non-hydrogen) atoms. The molecule has 2 atom stereocenters. The molecule has 2 unspecified atom stereocenters. The number of benzene rings is 1. The molecule has 0 aliphatic carbocycles. The van der Waals surface area contributed by atoms with Crippen molar-refractivity contribution >= 4 is 15.7 Å². The van der Waals surface area contributed by atoms with E-state index in [1.54, 1.807) is 18.2 Å². The van der Waals surface area contributed by atoms with E-state index in [1.807, 2.05) is 6.07 Å². The second kappa shape index (κ2) is 4.77. The number of hydrogen-bond acceptors (Lipinski definition) is 4. The molecule has 104 valence electrons. The Bertz CT molecular complexity index is 573. The van der Waals surface area contributed by atoms with Gasteiger partial charge in [-0.3, -0.25) is 4.90 Å². The predicted octanol–water partition coefficient (Wildman–Crippen LogP) is 0.983. The molecule has 2 fully saturated rings. The fourth-order valence-electron chi connectivity index (χ4n) is 3.28. The van der Waals surface area contributed by atoms with Gasteiger partial charge in [0.25, 0.3) is 0 Å². The molecule has 1 aromatic carbocycles. The zero-order chi connectivity index (χ0) is 13.5.